The molecule has 25 heavy (non-hydrogen) atoms. The van der Waals surface area contributed by atoms with Crippen molar-refractivity contribution in [3.63, 3.8) is 0 Å². The van der Waals surface area contributed by atoms with E-state index < -0.39 is 18.3 Å². The van der Waals surface area contributed by atoms with Crippen LogP contribution in [0.2, 0.25) is 0 Å². The maximum atomic E-state index is 12.7. The molecule has 1 aliphatic heterocycles. The molecule has 1 aliphatic rings. The van der Waals surface area contributed by atoms with Crippen LogP contribution in [0.25, 0.3) is 0 Å². The van der Waals surface area contributed by atoms with E-state index in [9.17, 15) is 13.2 Å². The first-order chi connectivity index (χ1) is 12.1. The normalized spacial score (nSPS) is 14.8. The third-order valence-electron chi connectivity index (χ3n) is 3.21. The molecule has 136 valence electrons. The number of hydrogen-bond donors (Lipinski definition) is 0. The van der Waals surface area contributed by atoms with Gasteiger partial charge in [-0.15, -0.1) is 15.3 Å². The van der Waals surface area contributed by atoms with Gasteiger partial charge in [-0.2, -0.15) is 13.6 Å². The molecule has 13 heteroatoms. The Morgan fingerprint density at radius 3 is 2.68 bits per heavy atom. The van der Waals surface area contributed by atoms with Crippen molar-refractivity contribution in [1.29, 1.82) is 0 Å². The highest BCUT2D eigenvalue weighted by molar-refractivity contribution is 7.99. The minimum absolute atomic E-state index is 0.0631. The van der Waals surface area contributed by atoms with E-state index >= 15 is 0 Å². The summed E-state index contributed by atoms with van der Waals surface area (Å²) in [5.74, 6) is -0.642. The van der Waals surface area contributed by atoms with Gasteiger partial charge in [0, 0.05) is 25.3 Å². The Morgan fingerprint density at radius 2 is 1.92 bits per heavy atom. The highest BCUT2D eigenvalue weighted by atomic mass is 32.2. The highest BCUT2D eigenvalue weighted by Gasteiger charge is 2.17. The molecular formula is C12H14F3N7O2S. The summed E-state index contributed by atoms with van der Waals surface area (Å²) in [6, 6.07) is 0. The number of tetrazole rings is 1. The lowest BCUT2D eigenvalue weighted by Crippen LogP contribution is -2.37. The number of rotatable bonds is 7. The zero-order valence-electron chi connectivity index (χ0n) is 12.9. The summed E-state index contributed by atoms with van der Waals surface area (Å²) in [4.78, 5) is 3.27. The number of hydrogen-bond acceptors (Lipinski definition) is 9. The van der Waals surface area contributed by atoms with Crippen LogP contribution < -0.4 is 4.90 Å². The van der Waals surface area contributed by atoms with Crippen LogP contribution in [0.1, 0.15) is 12.3 Å². The number of ether oxygens (including phenoxy) is 1. The minimum atomic E-state index is -2.31. The molecule has 0 atom stereocenters. The summed E-state index contributed by atoms with van der Waals surface area (Å²) >= 11 is 0.990. The van der Waals surface area contributed by atoms with Crippen LogP contribution in [0, 0.1) is 0 Å². The first kappa shape index (κ1) is 17.7. The second kappa shape index (κ2) is 8.29. The van der Waals surface area contributed by atoms with Crippen LogP contribution in [0.4, 0.5) is 19.1 Å². The van der Waals surface area contributed by atoms with E-state index in [0.717, 1.165) is 11.8 Å². The maximum absolute atomic E-state index is 12.7. The Bertz CT molecular complexity index is 728. The van der Waals surface area contributed by atoms with Gasteiger partial charge >= 0.3 is 6.08 Å². The largest absolute Gasteiger partial charge is 0.414 e. The molecule has 0 saturated carbocycles. The Balaban J connectivity index is 1.51. The first-order valence-corrected chi connectivity index (χ1v) is 8.35. The molecule has 0 N–H and O–H groups in total. The predicted molar refractivity (Wildman–Crippen MR) is 79.9 cm³/mol. The van der Waals surface area contributed by atoms with E-state index in [0.29, 0.717) is 32.3 Å². The molecule has 9 nitrogen and oxygen atoms in total. The third-order valence-corrected chi connectivity index (χ3v) is 4.03. The summed E-state index contributed by atoms with van der Waals surface area (Å²) in [5, 5.41) is 19.9. The van der Waals surface area contributed by atoms with E-state index in [2.05, 4.69) is 25.6 Å². The molecule has 0 radical (unpaired) electrons. The number of allylic oxidation sites excluding steroid dienone is 1. The second-order valence-corrected chi connectivity index (χ2v) is 5.99. The molecule has 0 bridgehead atoms. The lowest BCUT2D eigenvalue weighted by atomic mass is 10.4. The van der Waals surface area contributed by atoms with Gasteiger partial charge in [0.2, 0.25) is 5.89 Å². The SMILES string of the molecule is FC(F)=C(F)CCSc1nnc(Cn2nnc(N3CCOCC3)n2)o1. The standard InChI is InChI=1S/C12H14F3N7O2S/c13-8(10(14)15)1-6-25-12-18-16-9(24-12)7-22-19-11(17-20-22)21-2-4-23-5-3-21/h1-7H2. The summed E-state index contributed by atoms with van der Waals surface area (Å²) in [6.07, 6.45) is -2.71. The van der Waals surface area contributed by atoms with Crippen molar-refractivity contribution in [3.8, 4) is 0 Å². The van der Waals surface area contributed by atoms with Crippen LogP contribution in [0.15, 0.2) is 21.5 Å². The van der Waals surface area contributed by atoms with Gasteiger partial charge in [-0.25, -0.2) is 4.39 Å². The second-order valence-electron chi connectivity index (χ2n) is 4.94. The van der Waals surface area contributed by atoms with Gasteiger partial charge in [0.1, 0.15) is 6.54 Å². The fourth-order valence-electron chi connectivity index (χ4n) is 2.00. The van der Waals surface area contributed by atoms with Crippen molar-refractivity contribution in [2.75, 3.05) is 37.0 Å². The van der Waals surface area contributed by atoms with E-state index in [1.807, 2.05) is 4.90 Å². The van der Waals surface area contributed by atoms with Gasteiger partial charge in [0.05, 0.1) is 13.2 Å². The third kappa shape index (κ3) is 4.92. The quantitative estimate of drug-likeness (QED) is 0.665. The number of morpholine rings is 1. The van der Waals surface area contributed by atoms with Crippen molar-refractivity contribution in [2.24, 2.45) is 0 Å². The van der Waals surface area contributed by atoms with Crippen molar-refractivity contribution < 1.29 is 22.3 Å². The van der Waals surface area contributed by atoms with Gasteiger partial charge in [-0.1, -0.05) is 16.9 Å². The number of thioether (sulfide) groups is 1. The zero-order valence-corrected chi connectivity index (χ0v) is 13.8. The Labute approximate surface area is 144 Å². The van der Waals surface area contributed by atoms with Crippen molar-refractivity contribution in [2.45, 2.75) is 18.2 Å². The molecular weight excluding hydrogens is 363 g/mol. The fraction of sp³-hybridized carbons (Fsp3) is 0.583. The van der Waals surface area contributed by atoms with Gasteiger partial charge in [0.25, 0.3) is 11.2 Å². The van der Waals surface area contributed by atoms with Crippen molar-refractivity contribution in [3.05, 3.63) is 17.8 Å². The lowest BCUT2D eigenvalue weighted by Gasteiger charge is -2.24. The molecule has 1 saturated heterocycles. The van der Waals surface area contributed by atoms with Crippen LogP contribution in [-0.4, -0.2) is 62.5 Å². The molecule has 2 aromatic heterocycles. The van der Waals surface area contributed by atoms with Gasteiger partial charge in [-0.05, 0) is 5.21 Å². The van der Waals surface area contributed by atoms with E-state index in [4.69, 9.17) is 9.15 Å². The van der Waals surface area contributed by atoms with Gasteiger partial charge in [0.15, 0.2) is 5.83 Å². The summed E-state index contributed by atoms with van der Waals surface area (Å²) < 4.78 is 47.2. The van der Waals surface area contributed by atoms with E-state index in [-0.39, 0.29) is 23.4 Å². The summed E-state index contributed by atoms with van der Waals surface area (Å²) in [7, 11) is 0. The van der Waals surface area contributed by atoms with Crippen molar-refractivity contribution >= 4 is 17.7 Å². The molecule has 1 fully saturated rings. The maximum Gasteiger partial charge on any atom is 0.301 e. The molecule has 0 unspecified atom stereocenters. The summed E-state index contributed by atoms with van der Waals surface area (Å²) in [5.41, 5.74) is 0. The lowest BCUT2D eigenvalue weighted by molar-refractivity contribution is 0.122. The minimum Gasteiger partial charge on any atom is -0.414 e. The van der Waals surface area contributed by atoms with Gasteiger partial charge in [-0.3, -0.25) is 0 Å². The van der Waals surface area contributed by atoms with Crippen LogP contribution in [-0.2, 0) is 11.3 Å². The number of nitrogens with zero attached hydrogens (tertiary/aromatic N) is 7. The Hall–Kier alpha value is -2.15. The molecule has 0 spiro atoms. The molecule has 0 aliphatic carbocycles. The Morgan fingerprint density at radius 1 is 1.12 bits per heavy atom. The molecule has 2 aromatic rings. The van der Waals surface area contributed by atoms with E-state index in [1.54, 1.807) is 0 Å². The number of aromatic nitrogens is 6. The van der Waals surface area contributed by atoms with Gasteiger partial charge < -0.3 is 14.1 Å². The molecule has 3 rings (SSSR count). The fourth-order valence-corrected chi connectivity index (χ4v) is 2.71. The molecule has 0 amide bonds. The smallest absolute Gasteiger partial charge is 0.301 e. The molecule has 3 heterocycles. The molecule has 0 aromatic carbocycles. The van der Waals surface area contributed by atoms with Crippen LogP contribution >= 0.6 is 11.8 Å². The van der Waals surface area contributed by atoms with Crippen LogP contribution in [0.5, 0.6) is 0 Å². The monoisotopic (exact) mass is 377 g/mol. The average molecular weight is 377 g/mol. The topological polar surface area (TPSA) is 95.0 Å². The Kier molecular flexibility index (Phi) is 5.86. The van der Waals surface area contributed by atoms with E-state index in [1.165, 1.54) is 4.80 Å². The van der Waals surface area contributed by atoms with Crippen molar-refractivity contribution in [1.82, 2.24) is 30.4 Å². The average Bonchev–Trinajstić information content (AvgIpc) is 3.25. The summed E-state index contributed by atoms with van der Waals surface area (Å²) in [6.45, 7) is 2.73. The zero-order chi connectivity index (χ0) is 17.6. The first-order valence-electron chi connectivity index (χ1n) is 7.37. The highest BCUT2D eigenvalue weighted by Crippen LogP contribution is 2.21. The predicted octanol–water partition coefficient (Wildman–Crippen LogP) is 1.50. The number of halogens is 3. The number of anilines is 1. The van der Waals surface area contributed by atoms with Crippen LogP contribution in [0.3, 0.4) is 0 Å².